The summed E-state index contributed by atoms with van der Waals surface area (Å²) < 4.78 is 1.92. The Morgan fingerprint density at radius 1 is 1.23 bits per heavy atom. The third-order valence-electron chi connectivity index (χ3n) is 5.42. The summed E-state index contributed by atoms with van der Waals surface area (Å²) >= 11 is 0. The second-order valence-corrected chi connectivity index (χ2v) is 7.85. The summed E-state index contributed by atoms with van der Waals surface area (Å²) in [5, 5.41) is 11.7. The number of fused-ring (bicyclic) bond motifs is 2. The van der Waals surface area contributed by atoms with Gasteiger partial charge in [-0.05, 0) is 37.9 Å². The number of carbonyl (C=O) groups excluding carboxylic acids is 1. The minimum Gasteiger partial charge on any atom is -0.354 e. The van der Waals surface area contributed by atoms with Gasteiger partial charge in [-0.1, -0.05) is 37.5 Å². The Morgan fingerprint density at radius 2 is 2.10 bits per heavy atom. The molecule has 0 aliphatic carbocycles. The molecule has 0 saturated heterocycles. The van der Waals surface area contributed by atoms with E-state index in [1.165, 1.54) is 0 Å². The molecule has 8 nitrogen and oxygen atoms in total. The van der Waals surface area contributed by atoms with Crippen molar-refractivity contribution in [3.05, 3.63) is 41.2 Å². The second kappa shape index (κ2) is 8.79. The van der Waals surface area contributed by atoms with E-state index in [4.69, 9.17) is 10.7 Å². The van der Waals surface area contributed by atoms with E-state index in [1.54, 1.807) is 0 Å². The zero-order valence-electron chi connectivity index (χ0n) is 17.6. The smallest absolute Gasteiger partial charge is 0.238 e. The molecule has 0 radical (unpaired) electrons. The first kappa shape index (κ1) is 20.3. The zero-order valence-corrected chi connectivity index (χ0v) is 17.6. The molecule has 1 amide bonds. The summed E-state index contributed by atoms with van der Waals surface area (Å²) in [4.78, 5) is 22.3. The highest BCUT2D eigenvalue weighted by atomic mass is 16.2. The van der Waals surface area contributed by atoms with Gasteiger partial charge in [0.1, 0.15) is 5.92 Å². The lowest BCUT2D eigenvalue weighted by Crippen LogP contribution is -2.17. The average molecular weight is 408 g/mol. The molecule has 1 aliphatic rings. The number of hydrogen-bond donors (Lipinski definition) is 3. The molecular formula is C22H29N7O. The van der Waals surface area contributed by atoms with E-state index in [0.717, 1.165) is 54.4 Å². The normalized spacial score (nSPS) is 15.4. The van der Waals surface area contributed by atoms with Crippen molar-refractivity contribution in [3.63, 3.8) is 0 Å². The van der Waals surface area contributed by atoms with E-state index in [9.17, 15) is 4.79 Å². The van der Waals surface area contributed by atoms with Gasteiger partial charge < -0.3 is 16.4 Å². The molecule has 158 valence electrons. The SMILES string of the molecule is CCCCCn1cc2c(C3C(=O)Nc4ccc(C)cc43)nc(NCCCN)nc2n1. The zero-order chi connectivity index (χ0) is 21.1. The minimum absolute atomic E-state index is 0.0674. The fourth-order valence-corrected chi connectivity index (χ4v) is 3.87. The molecule has 3 aromatic rings. The van der Waals surface area contributed by atoms with Crippen molar-refractivity contribution >= 4 is 28.6 Å². The lowest BCUT2D eigenvalue weighted by atomic mass is 9.94. The van der Waals surface area contributed by atoms with E-state index in [2.05, 4.69) is 33.7 Å². The summed E-state index contributed by atoms with van der Waals surface area (Å²) in [7, 11) is 0. The van der Waals surface area contributed by atoms with Crippen LogP contribution in [0.5, 0.6) is 0 Å². The quantitative estimate of drug-likeness (QED) is 0.470. The number of aryl methyl sites for hydroxylation is 2. The molecule has 0 bridgehead atoms. The van der Waals surface area contributed by atoms with Crippen LogP contribution in [0, 0.1) is 6.92 Å². The second-order valence-electron chi connectivity index (χ2n) is 7.85. The predicted molar refractivity (Wildman–Crippen MR) is 119 cm³/mol. The summed E-state index contributed by atoms with van der Waals surface area (Å²) in [6.07, 6.45) is 6.15. The number of anilines is 2. The van der Waals surface area contributed by atoms with E-state index in [-0.39, 0.29) is 5.91 Å². The standard InChI is InChI=1S/C22H29N7O/c1-3-4-5-11-29-13-16-19(26-22(24-10-6-9-23)27-20(16)28-29)18-15-12-14(2)7-8-17(15)25-21(18)30/h7-8,12-13,18H,3-6,9-11,23H2,1-2H3,(H,25,30)(H,24,27,28). The largest absolute Gasteiger partial charge is 0.354 e. The van der Waals surface area contributed by atoms with Crippen molar-refractivity contribution < 1.29 is 4.79 Å². The van der Waals surface area contributed by atoms with E-state index in [0.29, 0.717) is 30.4 Å². The molecule has 4 rings (SSSR count). The molecule has 1 atom stereocenters. The van der Waals surface area contributed by atoms with Gasteiger partial charge in [-0.2, -0.15) is 10.1 Å². The number of unbranched alkanes of at least 4 members (excludes halogenated alkanes) is 2. The third kappa shape index (κ3) is 4.00. The lowest BCUT2D eigenvalue weighted by molar-refractivity contribution is -0.116. The summed E-state index contributed by atoms with van der Waals surface area (Å²) in [5.41, 5.74) is 9.82. The van der Waals surface area contributed by atoms with Gasteiger partial charge in [0.15, 0.2) is 5.65 Å². The maximum Gasteiger partial charge on any atom is 0.238 e. The number of nitrogens with zero attached hydrogens (tertiary/aromatic N) is 4. The van der Waals surface area contributed by atoms with Crippen LogP contribution in [0.15, 0.2) is 24.4 Å². The molecule has 1 aliphatic heterocycles. The lowest BCUT2D eigenvalue weighted by Gasteiger charge is -2.12. The fourth-order valence-electron chi connectivity index (χ4n) is 3.87. The van der Waals surface area contributed by atoms with Crippen molar-refractivity contribution in [2.75, 3.05) is 23.7 Å². The number of hydrogen-bond acceptors (Lipinski definition) is 6. The molecular weight excluding hydrogens is 378 g/mol. The minimum atomic E-state index is -0.478. The van der Waals surface area contributed by atoms with Gasteiger partial charge in [0.25, 0.3) is 0 Å². The Bertz CT molecular complexity index is 1060. The van der Waals surface area contributed by atoms with Crippen LogP contribution in [0.25, 0.3) is 11.0 Å². The Labute approximate surface area is 176 Å². The first-order valence-corrected chi connectivity index (χ1v) is 10.7. The van der Waals surface area contributed by atoms with Crippen LogP contribution in [0.1, 0.15) is 55.3 Å². The number of amides is 1. The Morgan fingerprint density at radius 3 is 2.90 bits per heavy atom. The van der Waals surface area contributed by atoms with Gasteiger partial charge in [0.2, 0.25) is 11.9 Å². The number of carbonyl (C=O) groups is 1. The molecule has 2 aromatic heterocycles. The van der Waals surface area contributed by atoms with Crippen molar-refractivity contribution in [2.24, 2.45) is 5.73 Å². The van der Waals surface area contributed by atoms with E-state index >= 15 is 0 Å². The van der Waals surface area contributed by atoms with Crippen LogP contribution in [-0.2, 0) is 11.3 Å². The Kier molecular flexibility index (Phi) is 5.94. The van der Waals surface area contributed by atoms with Crippen LogP contribution < -0.4 is 16.4 Å². The number of aromatic nitrogens is 4. The molecule has 8 heteroatoms. The van der Waals surface area contributed by atoms with E-state index < -0.39 is 5.92 Å². The molecule has 1 unspecified atom stereocenters. The highest BCUT2D eigenvalue weighted by Crippen LogP contribution is 2.39. The summed E-state index contributed by atoms with van der Waals surface area (Å²) in [6.45, 7) is 6.30. The van der Waals surface area contributed by atoms with Crippen LogP contribution in [0.3, 0.4) is 0 Å². The molecule has 1 aromatic carbocycles. The van der Waals surface area contributed by atoms with Crippen LogP contribution in [-0.4, -0.2) is 38.7 Å². The van der Waals surface area contributed by atoms with Crippen molar-refractivity contribution in [3.8, 4) is 0 Å². The van der Waals surface area contributed by atoms with Crippen molar-refractivity contribution in [1.29, 1.82) is 0 Å². The van der Waals surface area contributed by atoms with E-state index in [1.807, 2.05) is 29.9 Å². The van der Waals surface area contributed by atoms with Crippen LogP contribution >= 0.6 is 0 Å². The monoisotopic (exact) mass is 407 g/mol. The molecule has 0 spiro atoms. The topological polar surface area (TPSA) is 111 Å². The number of rotatable bonds is 9. The molecule has 0 fully saturated rings. The van der Waals surface area contributed by atoms with Gasteiger partial charge in [0, 0.05) is 25.0 Å². The highest BCUT2D eigenvalue weighted by molar-refractivity contribution is 6.06. The number of nitrogens with two attached hydrogens (primary N) is 1. The first-order valence-electron chi connectivity index (χ1n) is 10.7. The average Bonchev–Trinajstić information content (AvgIpc) is 3.27. The summed E-state index contributed by atoms with van der Waals surface area (Å²) in [6, 6.07) is 6.01. The summed E-state index contributed by atoms with van der Waals surface area (Å²) in [5.74, 6) is -0.0605. The molecule has 0 saturated carbocycles. The third-order valence-corrected chi connectivity index (χ3v) is 5.42. The maximum absolute atomic E-state index is 12.9. The molecule has 3 heterocycles. The highest BCUT2D eigenvalue weighted by Gasteiger charge is 2.35. The molecule has 30 heavy (non-hydrogen) atoms. The van der Waals surface area contributed by atoms with Crippen LogP contribution in [0.2, 0.25) is 0 Å². The van der Waals surface area contributed by atoms with Crippen molar-refractivity contribution in [1.82, 2.24) is 19.7 Å². The maximum atomic E-state index is 12.9. The van der Waals surface area contributed by atoms with Gasteiger partial charge in [-0.15, -0.1) is 0 Å². The Hall–Kier alpha value is -3.00. The number of nitrogens with one attached hydrogen (secondary N) is 2. The first-order chi connectivity index (χ1) is 14.6. The van der Waals surface area contributed by atoms with Crippen LogP contribution in [0.4, 0.5) is 11.6 Å². The fraction of sp³-hybridized carbons (Fsp3) is 0.455. The Balaban J connectivity index is 1.78. The van der Waals surface area contributed by atoms with Crippen molar-refractivity contribution in [2.45, 2.75) is 52.0 Å². The molecule has 4 N–H and O–H groups in total. The van der Waals surface area contributed by atoms with Gasteiger partial charge in [0.05, 0.1) is 11.1 Å². The van der Waals surface area contributed by atoms with Gasteiger partial charge in [-0.3, -0.25) is 9.48 Å². The predicted octanol–water partition coefficient (Wildman–Crippen LogP) is 3.17. The van der Waals surface area contributed by atoms with Gasteiger partial charge in [-0.25, -0.2) is 4.98 Å². The van der Waals surface area contributed by atoms with Gasteiger partial charge >= 0.3 is 0 Å². The number of benzene rings is 1.